The van der Waals surface area contributed by atoms with Gasteiger partial charge in [0, 0.05) is 91.0 Å². The Bertz CT molecular complexity index is 4550. The number of rotatable bonds is 15. The highest BCUT2D eigenvalue weighted by Crippen LogP contribution is 2.41. The number of nitrogen functional groups attached to an aromatic ring is 8. The highest BCUT2D eigenvalue weighted by atomic mass is 16.4. The molecular formula is C71H71N9O24. The minimum absolute atomic E-state index is 0. The predicted octanol–water partition coefficient (Wildman–Crippen LogP) is 6.64. The molecule has 0 unspecified atom stereocenters. The fourth-order valence-corrected chi connectivity index (χ4v) is 8.75. The molecule has 0 spiro atoms. The summed E-state index contributed by atoms with van der Waals surface area (Å²) in [6, 6.07) is 42.0. The number of nitrogens with one attached hydrogen (secondary N) is 1. The van der Waals surface area contributed by atoms with Crippen LogP contribution in [0.1, 0.15) is 111 Å². The second-order valence-corrected chi connectivity index (χ2v) is 21.0. The lowest BCUT2D eigenvalue weighted by Crippen LogP contribution is -2.06. The van der Waals surface area contributed by atoms with E-state index in [9.17, 15) is 63.3 Å². The Morgan fingerprint density at radius 2 is 0.538 bits per heavy atom. The minimum Gasteiger partial charge on any atom is -0.478 e. The fraction of sp³-hybridized carbons (Fsp3) is 0.0282. The average Bonchev–Trinajstić information content (AvgIpc) is 0.775. The van der Waals surface area contributed by atoms with Gasteiger partial charge in [-0.3, -0.25) is 0 Å². The second-order valence-electron chi connectivity index (χ2n) is 21.0. The van der Waals surface area contributed by atoms with Gasteiger partial charge in [-0.15, -0.1) is 0 Å². The maximum absolute atomic E-state index is 11.7. The van der Waals surface area contributed by atoms with Crippen LogP contribution in [0.3, 0.4) is 0 Å². The number of carboxylic acid groups (broad SMARTS) is 10. The Morgan fingerprint density at radius 1 is 0.288 bits per heavy atom. The van der Waals surface area contributed by atoms with E-state index in [1.165, 1.54) is 152 Å². The molecule has 0 radical (unpaired) electrons. The van der Waals surface area contributed by atoms with Crippen LogP contribution in [0.15, 0.2) is 200 Å². The molecule has 544 valence electrons. The summed E-state index contributed by atoms with van der Waals surface area (Å²) in [5, 5.41) is 96.3. The topological polar surface area (TPSA) is 731 Å². The van der Waals surface area contributed by atoms with E-state index in [0.717, 1.165) is 5.56 Å². The summed E-state index contributed by atoms with van der Waals surface area (Å²) < 4.78 is 0. The molecule has 1 aliphatic rings. The van der Waals surface area contributed by atoms with Gasteiger partial charge in [0.2, 0.25) is 0 Å². The van der Waals surface area contributed by atoms with Crippen molar-refractivity contribution in [2.45, 2.75) is 12.8 Å². The van der Waals surface area contributed by atoms with Crippen molar-refractivity contribution in [3.63, 3.8) is 0 Å². The number of carbonyl (C=O) groups is 10. The van der Waals surface area contributed by atoms with Crippen LogP contribution in [-0.4, -0.2) is 138 Å². The molecule has 33 heteroatoms. The highest BCUT2D eigenvalue weighted by Gasteiger charge is 2.21. The molecule has 0 saturated heterocycles. The number of aromatic carboxylic acids is 9. The van der Waals surface area contributed by atoms with E-state index in [2.05, 4.69) is 0 Å². The zero-order valence-electron chi connectivity index (χ0n) is 54.1. The van der Waals surface area contributed by atoms with Crippen LogP contribution in [-0.2, 0) is 11.2 Å². The summed E-state index contributed by atoms with van der Waals surface area (Å²) in [7, 11) is 0. The first-order valence-electron chi connectivity index (χ1n) is 28.6. The minimum atomic E-state index is -1.27. The molecule has 0 fully saturated rings. The van der Waals surface area contributed by atoms with Crippen LogP contribution in [0.5, 0.6) is 0 Å². The van der Waals surface area contributed by atoms with Gasteiger partial charge in [0.05, 0.1) is 55.6 Å². The van der Waals surface area contributed by atoms with Gasteiger partial charge in [-0.05, 0) is 193 Å². The quantitative estimate of drug-likeness (QED) is 0.0478. The Hall–Kier alpha value is -14.9. The van der Waals surface area contributed by atoms with Gasteiger partial charge in [-0.2, -0.15) is 0 Å². The van der Waals surface area contributed by atoms with E-state index < -0.39 is 59.7 Å². The van der Waals surface area contributed by atoms with Gasteiger partial charge in [0.15, 0.2) is 0 Å². The molecule has 0 heterocycles. The van der Waals surface area contributed by atoms with Crippen molar-refractivity contribution in [2.24, 2.45) is 0 Å². The lowest BCUT2D eigenvalue weighted by atomic mass is 9.91. The molecule has 0 amide bonds. The third-order valence-electron chi connectivity index (χ3n) is 14.1. The van der Waals surface area contributed by atoms with Gasteiger partial charge < -0.3 is 124 Å². The SMILES string of the molecule is N=C1C=CC(C(=O)O)=CC1.Nc1ccc(C(=O)O)cc1.Nc1ccc(C(=O)O)cc1.Nc1ccc(C(=O)O)cc1-c1cc(C(=O)O)cc(-c2cc(C(=O)O)ccc2N)c1N.Nc1ccc(C(=O)O)cc1-c1cc(C(=O)O)ccc1N.Nc1ccc(C(=O)O)cc1Cc1ccc(C(=O)O)cc1.O.O.O.O. The fourth-order valence-electron chi connectivity index (χ4n) is 8.75. The third-order valence-corrected chi connectivity index (χ3v) is 14.1. The summed E-state index contributed by atoms with van der Waals surface area (Å²) >= 11 is 0. The van der Waals surface area contributed by atoms with Gasteiger partial charge >= 0.3 is 59.7 Å². The zero-order valence-corrected chi connectivity index (χ0v) is 54.1. The van der Waals surface area contributed by atoms with E-state index >= 15 is 0 Å². The van der Waals surface area contributed by atoms with Crippen LogP contribution >= 0.6 is 0 Å². The Balaban J connectivity index is 0.000000651. The van der Waals surface area contributed by atoms with Crippen LogP contribution < -0.4 is 45.9 Å². The largest absolute Gasteiger partial charge is 0.478 e. The molecule has 10 rings (SSSR count). The molecule has 9 aromatic rings. The molecule has 0 saturated carbocycles. The van der Waals surface area contributed by atoms with Crippen molar-refractivity contribution in [3.8, 4) is 33.4 Å². The van der Waals surface area contributed by atoms with Crippen molar-refractivity contribution < 1.29 is 121 Å². The van der Waals surface area contributed by atoms with Crippen LogP contribution in [0.4, 0.5) is 45.5 Å². The number of carboxylic acids is 10. The van der Waals surface area contributed by atoms with Crippen LogP contribution in [0, 0.1) is 5.41 Å². The van der Waals surface area contributed by atoms with Gasteiger partial charge in [0.25, 0.3) is 0 Å². The number of aliphatic carboxylic acids is 1. The van der Waals surface area contributed by atoms with Crippen LogP contribution in [0.2, 0.25) is 0 Å². The summed E-state index contributed by atoms with van der Waals surface area (Å²) in [6.07, 6.45) is 5.35. The molecule has 0 aromatic heterocycles. The van der Waals surface area contributed by atoms with Crippen LogP contribution in [0.25, 0.3) is 33.4 Å². The first-order valence-corrected chi connectivity index (χ1v) is 28.6. The van der Waals surface area contributed by atoms with Crippen molar-refractivity contribution >= 4 is 111 Å². The van der Waals surface area contributed by atoms with Gasteiger partial charge in [-0.25, -0.2) is 47.9 Å². The number of hydrogen-bond acceptors (Lipinski definition) is 19. The number of hydrogen-bond donors (Lipinski definition) is 19. The third kappa shape index (κ3) is 24.6. The van der Waals surface area contributed by atoms with E-state index in [1.54, 1.807) is 42.5 Å². The first-order chi connectivity index (χ1) is 47.1. The monoisotopic (exact) mass is 1430 g/mol. The molecule has 33 nitrogen and oxygen atoms in total. The van der Waals surface area contributed by atoms with E-state index in [1.807, 2.05) is 0 Å². The Labute approximate surface area is 588 Å². The average molecular weight is 1430 g/mol. The summed E-state index contributed by atoms with van der Waals surface area (Å²) in [5.41, 5.74) is 53.8. The summed E-state index contributed by atoms with van der Waals surface area (Å²) in [4.78, 5) is 109. The lowest BCUT2D eigenvalue weighted by molar-refractivity contribution is -0.132. The smallest absolute Gasteiger partial charge is 0.335 e. The molecule has 0 atom stereocenters. The molecule has 104 heavy (non-hydrogen) atoms. The van der Waals surface area contributed by atoms with E-state index in [-0.39, 0.29) is 117 Å². The molecule has 0 aliphatic heterocycles. The normalized spacial score (nSPS) is 10.3. The molecule has 1 aliphatic carbocycles. The lowest BCUT2D eigenvalue weighted by Gasteiger charge is -2.17. The van der Waals surface area contributed by atoms with Crippen molar-refractivity contribution in [1.82, 2.24) is 0 Å². The van der Waals surface area contributed by atoms with E-state index in [0.29, 0.717) is 63.7 Å². The maximum Gasteiger partial charge on any atom is 0.335 e. The summed E-state index contributed by atoms with van der Waals surface area (Å²) in [5.74, 6) is -10.6. The maximum atomic E-state index is 11.7. The first kappa shape index (κ1) is 87.1. The van der Waals surface area contributed by atoms with E-state index in [4.69, 9.17) is 87.0 Å². The molecular weight excluding hydrogens is 1360 g/mol. The summed E-state index contributed by atoms with van der Waals surface area (Å²) in [6.45, 7) is 0. The zero-order chi connectivity index (χ0) is 74.4. The number of anilines is 8. The predicted molar refractivity (Wildman–Crippen MR) is 387 cm³/mol. The molecule has 0 bridgehead atoms. The number of benzene rings is 9. The van der Waals surface area contributed by atoms with Crippen molar-refractivity contribution in [3.05, 3.63) is 261 Å². The standard InChI is InChI=1S/C21H17N3O6.C15H13NO4.C14H12N2O4.3C7H7NO2.4H2O/c22-16-3-1-9(19(25)26)5-12(16)14-7-11(21(29)30)8-15(18(14)24)13-6-10(20(27)28)2-4-17(13)23;16-13-6-5-11(15(19)20)8-12(13)7-9-1-3-10(4-2-9)14(17)18;15-11-3-1-7(13(17)18)5-9(11)10-6-8(14(19)20)2-4-12(10)16;3*8-6-3-1-5(2-4-6)7(9)10;;;;/h1-8H,22-24H2,(H,25,26)(H,27,28)(H,29,30);1-6,8H,7,16H2,(H,17,18)(H,19,20);1-6H,15-16H2,(H,17,18)(H,19,20);1-3,8H,4H2,(H,9,10);2*1-4H,8H2,(H,9,10);4*1H2. The highest BCUT2D eigenvalue weighted by molar-refractivity contribution is 6.04. The van der Waals surface area contributed by atoms with Crippen molar-refractivity contribution in [2.75, 3.05) is 45.9 Å². The van der Waals surface area contributed by atoms with Gasteiger partial charge in [0.1, 0.15) is 0 Å². The Morgan fingerprint density at radius 3 is 0.808 bits per heavy atom. The van der Waals surface area contributed by atoms with Gasteiger partial charge in [-0.1, -0.05) is 18.2 Å². The number of allylic oxidation sites excluding steroid dienone is 2. The second kappa shape index (κ2) is 39.5. The molecule has 9 aromatic carbocycles. The van der Waals surface area contributed by atoms with Crippen molar-refractivity contribution in [1.29, 1.82) is 5.41 Å². The molecule has 35 N–H and O–H groups in total. The Kier molecular flexibility index (Phi) is 33.0. The number of nitrogens with two attached hydrogens (primary N) is 8.